The van der Waals surface area contributed by atoms with Gasteiger partial charge in [-0.05, 0) is 23.1 Å². The Balaban J connectivity index is 2.84. The summed E-state index contributed by atoms with van der Waals surface area (Å²) in [5, 5.41) is 11.3. The molecule has 0 heterocycles. The van der Waals surface area contributed by atoms with E-state index in [1.807, 2.05) is 20.8 Å². The van der Waals surface area contributed by atoms with E-state index >= 15 is 0 Å². The molecule has 2 N–H and O–H groups in total. The Labute approximate surface area is 112 Å². The van der Waals surface area contributed by atoms with Crippen LogP contribution in [0.4, 0.5) is 9.18 Å². The van der Waals surface area contributed by atoms with E-state index in [4.69, 9.17) is 9.84 Å². The fraction of sp³-hybridized carbons (Fsp3) is 0.500. The summed E-state index contributed by atoms with van der Waals surface area (Å²) in [6, 6.07) is 5.68. The van der Waals surface area contributed by atoms with Crippen molar-refractivity contribution < 1.29 is 19.0 Å². The molecule has 5 heteroatoms. The van der Waals surface area contributed by atoms with Crippen molar-refractivity contribution in [3.8, 4) is 0 Å². The number of carbonyl (C=O) groups excluding carboxylic acids is 1. The van der Waals surface area contributed by atoms with E-state index in [1.165, 1.54) is 12.1 Å². The second-order valence-electron chi connectivity index (χ2n) is 5.35. The van der Waals surface area contributed by atoms with Crippen LogP contribution < -0.4 is 5.32 Å². The third-order valence-electron chi connectivity index (χ3n) is 2.66. The summed E-state index contributed by atoms with van der Waals surface area (Å²) in [6.45, 7) is 5.63. The standard InChI is InChI=1S/C14H20FNO3/c1-14(2,3)12(16-13(18)19-9-8-17)10-4-6-11(15)7-5-10/h4-7,12,17H,8-9H2,1-3H3,(H,16,18). The topological polar surface area (TPSA) is 58.6 Å². The fourth-order valence-corrected chi connectivity index (χ4v) is 1.75. The molecule has 0 fully saturated rings. The molecule has 0 radical (unpaired) electrons. The Kier molecular flexibility index (Phi) is 5.30. The lowest BCUT2D eigenvalue weighted by atomic mass is 9.82. The van der Waals surface area contributed by atoms with Crippen LogP contribution in [0, 0.1) is 11.2 Å². The summed E-state index contributed by atoms with van der Waals surface area (Å²) in [6.07, 6.45) is -0.599. The molecule has 0 bridgehead atoms. The van der Waals surface area contributed by atoms with E-state index in [-0.39, 0.29) is 30.5 Å². The van der Waals surface area contributed by atoms with Crippen molar-refractivity contribution in [3.63, 3.8) is 0 Å². The predicted molar refractivity (Wildman–Crippen MR) is 70.2 cm³/mol. The highest BCUT2D eigenvalue weighted by Crippen LogP contribution is 2.32. The summed E-state index contributed by atoms with van der Waals surface area (Å²) in [5.74, 6) is -0.320. The van der Waals surface area contributed by atoms with Crippen LogP contribution in [0.25, 0.3) is 0 Å². The van der Waals surface area contributed by atoms with Gasteiger partial charge in [0.1, 0.15) is 12.4 Å². The summed E-state index contributed by atoms with van der Waals surface area (Å²) in [5.41, 5.74) is 0.547. The van der Waals surface area contributed by atoms with E-state index < -0.39 is 6.09 Å². The number of hydrogen-bond donors (Lipinski definition) is 2. The molecule has 0 aliphatic carbocycles. The zero-order chi connectivity index (χ0) is 14.5. The summed E-state index contributed by atoms with van der Waals surface area (Å²) in [7, 11) is 0. The van der Waals surface area contributed by atoms with Crippen molar-refractivity contribution in [2.45, 2.75) is 26.8 Å². The first-order valence-corrected chi connectivity index (χ1v) is 6.14. The fourth-order valence-electron chi connectivity index (χ4n) is 1.75. The van der Waals surface area contributed by atoms with Crippen LogP contribution in [0.15, 0.2) is 24.3 Å². The first kappa shape index (κ1) is 15.4. The van der Waals surface area contributed by atoms with Gasteiger partial charge in [-0.25, -0.2) is 9.18 Å². The summed E-state index contributed by atoms with van der Waals surface area (Å²) in [4.78, 5) is 11.6. The molecule has 1 unspecified atom stereocenters. The molecule has 106 valence electrons. The number of alkyl carbamates (subject to hydrolysis) is 1. The Hall–Kier alpha value is -1.62. The van der Waals surface area contributed by atoms with Gasteiger partial charge in [0.2, 0.25) is 0 Å². The first-order chi connectivity index (χ1) is 8.84. The third-order valence-corrected chi connectivity index (χ3v) is 2.66. The lowest BCUT2D eigenvalue weighted by Gasteiger charge is -2.31. The zero-order valence-electron chi connectivity index (χ0n) is 11.4. The summed E-state index contributed by atoms with van der Waals surface area (Å²) >= 11 is 0. The maximum Gasteiger partial charge on any atom is 0.407 e. The van der Waals surface area contributed by atoms with Gasteiger partial charge < -0.3 is 15.2 Å². The molecular weight excluding hydrogens is 249 g/mol. The number of hydrogen-bond acceptors (Lipinski definition) is 3. The quantitative estimate of drug-likeness (QED) is 0.883. The molecule has 1 rings (SSSR count). The van der Waals surface area contributed by atoms with Gasteiger partial charge in [-0.15, -0.1) is 0 Å². The number of aliphatic hydroxyl groups is 1. The normalized spacial score (nSPS) is 12.9. The minimum absolute atomic E-state index is 0.0495. The van der Waals surface area contributed by atoms with E-state index in [1.54, 1.807) is 12.1 Å². The number of rotatable bonds is 4. The average Bonchev–Trinajstić information content (AvgIpc) is 2.33. The molecular formula is C14H20FNO3. The molecule has 1 amide bonds. The van der Waals surface area contributed by atoms with Crippen LogP contribution in [0.2, 0.25) is 0 Å². The van der Waals surface area contributed by atoms with E-state index in [0.29, 0.717) is 0 Å². The van der Waals surface area contributed by atoms with Gasteiger partial charge in [-0.1, -0.05) is 32.9 Å². The lowest BCUT2D eigenvalue weighted by Crippen LogP contribution is -2.37. The third kappa shape index (κ3) is 4.87. The molecule has 19 heavy (non-hydrogen) atoms. The highest BCUT2D eigenvalue weighted by molar-refractivity contribution is 5.68. The van der Waals surface area contributed by atoms with Crippen molar-refractivity contribution in [2.75, 3.05) is 13.2 Å². The molecule has 0 aliphatic rings. The van der Waals surface area contributed by atoms with Crippen LogP contribution in [-0.2, 0) is 4.74 Å². The molecule has 4 nitrogen and oxygen atoms in total. The maximum atomic E-state index is 12.9. The number of nitrogens with one attached hydrogen (secondary N) is 1. The molecule has 1 atom stereocenters. The summed E-state index contributed by atoms with van der Waals surface area (Å²) < 4.78 is 17.7. The molecule has 0 saturated heterocycles. The van der Waals surface area contributed by atoms with Crippen molar-refractivity contribution in [1.82, 2.24) is 5.32 Å². The Morgan fingerprint density at radius 3 is 2.42 bits per heavy atom. The highest BCUT2D eigenvalue weighted by atomic mass is 19.1. The average molecular weight is 269 g/mol. The SMILES string of the molecule is CC(C)(C)C(NC(=O)OCCO)c1ccc(F)cc1. The number of carbonyl (C=O) groups is 1. The minimum Gasteiger partial charge on any atom is -0.447 e. The Morgan fingerprint density at radius 2 is 1.95 bits per heavy atom. The number of halogens is 1. The largest absolute Gasteiger partial charge is 0.447 e. The van der Waals surface area contributed by atoms with Crippen LogP contribution >= 0.6 is 0 Å². The second-order valence-corrected chi connectivity index (χ2v) is 5.35. The number of amides is 1. The number of benzene rings is 1. The monoisotopic (exact) mass is 269 g/mol. The van der Waals surface area contributed by atoms with Crippen LogP contribution in [0.1, 0.15) is 32.4 Å². The molecule has 1 aromatic rings. The Bertz CT molecular complexity index is 412. The lowest BCUT2D eigenvalue weighted by molar-refractivity contribution is 0.109. The smallest absolute Gasteiger partial charge is 0.407 e. The molecule has 0 aromatic heterocycles. The van der Waals surface area contributed by atoms with Gasteiger partial charge in [-0.3, -0.25) is 0 Å². The first-order valence-electron chi connectivity index (χ1n) is 6.14. The van der Waals surface area contributed by atoms with Gasteiger partial charge in [0.15, 0.2) is 0 Å². The van der Waals surface area contributed by atoms with Crippen molar-refractivity contribution in [1.29, 1.82) is 0 Å². The second kappa shape index (κ2) is 6.52. The van der Waals surface area contributed by atoms with E-state index in [0.717, 1.165) is 5.56 Å². The minimum atomic E-state index is -0.599. The van der Waals surface area contributed by atoms with Crippen LogP contribution in [-0.4, -0.2) is 24.4 Å². The van der Waals surface area contributed by atoms with Gasteiger partial charge in [0.05, 0.1) is 12.6 Å². The molecule has 0 saturated carbocycles. The van der Waals surface area contributed by atoms with Gasteiger partial charge in [-0.2, -0.15) is 0 Å². The van der Waals surface area contributed by atoms with Gasteiger partial charge in [0, 0.05) is 0 Å². The number of aliphatic hydroxyl groups excluding tert-OH is 1. The number of ether oxygens (including phenoxy) is 1. The van der Waals surface area contributed by atoms with Crippen LogP contribution in [0.5, 0.6) is 0 Å². The molecule has 1 aromatic carbocycles. The zero-order valence-corrected chi connectivity index (χ0v) is 11.4. The molecule has 0 aliphatic heterocycles. The van der Waals surface area contributed by atoms with E-state index in [2.05, 4.69) is 5.32 Å². The van der Waals surface area contributed by atoms with Crippen LogP contribution in [0.3, 0.4) is 0 Å². The predicted octanol–water partition coefficient (Wildman–Crippen LogP) is 2.63. The maximum absolute atomic E-state index is 12.9. The van der Waals surface area contributed by atoms with Crippen molar-refractivity contribution in [3.05, 3.63) is 35.6 Å². The molecule has 0 spiro atoms. The van der Waals surface area contributed by atoms with Gasteiger partial charge in [0.25, 0.3) is 0 Å². The van der Waals surface area contributed by atoms with Gasteiger partial charge >= 0.3 is 6.09 Å². The van der Waals surface area contributed by atoms with E-state index in [9.17, 15) is 9.18 Å². The van der Waals surface area contributed by atoms with Crippen molar-refractivity contribution >= 4 is 6.09 Å². The Morgan fingerprint density at radius 1 is 1.37 bits per heavy atom. The highest BCUT2D eigenvalue weighted by Gasteiger charge is 2.28. The van der Waals surface area contributed by atoms with Crippen molar-refractivity contribution in [2.24, 2.45) is 5.41 Å².